The first-order valence-electron chi connectivity index (χ1n) is 7.72. The van der Waals surface area contributed by atoms with E-state index in [1.165, 1.54) is 12.1 Å². The van der Waals surface area contributed by atoms with Crippen molar-refractivity contribution in [3.8, 4) is 5.75 Å². The molecule has 118 valence electrons. The van der Waals surface area contributed by atoms with Crippen molar-refractivity contribution in [2.24, 2.45) is 5.92 Å². The minimum atomic E-state index is -3.63. The molecule has 1 aromatic rings. The Labute approximate surface area is 127 Å². The quantitative estimate of drug-likeness (QED) is 0.876. The van der Waals surface area contributed by atoms with E-state index in [2.05, 4.69) is 13.8 Å². The summed E-state index contributed by atoms with van der Waals surface area (Å²) in [6, 6.07) is 6.29. The molecule has 0 bridgehead atoms. The summed E-state index contributed by atoms with van der Waals surface area (Å²) in [4.78, 5) is 0.0284. The predicted octanol–water partition coefficient (Wildman–Crippen LogP) is 3.37. The maximum Gasteiger partial charge on any atom is 0.246 e. The van der Waals surface area contributed by atoms with Crippen molar-refractivity contribution in [3.05, 3.63) is 24.3 Å². The van der Waals surface area contributed by atoms with Crippen molar-refractivity contribution in [3.63, 3.8) is 0 Å². The number of sulfonamides is 1. The normalized spacial score (nSPS) is 17.0. The maximum absolute atomic E-state index is 12.9. The molecule has 0 radical (unpaired) electrons. The van der Waals surface area contributed by atoms with Crippen molar-refractivity contribution < 1.29 is 13.5 Å². The monoisotopic (exact) mass is 311 g/mol. The third-order valence-electron chi connectivity index (χ3n) is 4.11. The molecule has 0 atom stereocenters. The van der Waals surface area contributed by atoms with Crippen molar-refractivity contribution >= 4 is 10.0 Å². The Morgan fingerprint density at radius 3 is 2.43 bits per heavy atom. The minimum absolute atomic E-state index is 0.0284. The average Bonchev–Trinajstić information content (AvgIpc) is 2.92. The molecule has 1 N–H and O–H groups in total. The van der Waals surface area contributed by atoms with Gasteiger partial charge in [-0.05, 0) is 37.3 Å². The summed E-state index contributed by atoms with van der Waals surface area (Å²) >= 11 is 0. The van der Waals surface area contributed by atoms with Gasteiger partial charge in [-0.25, -0.2) is 8.42 Å². The second kappa shape index (κ2) is 6.79. The molecule has 0 heterocycles. The summed E-state index contributed by atoms with van der Waals surface area (Å²) in [5.41, 5.74) is 0. The van der Waals surface area contributed by atoms with Crippen LogP contribution in [-0.4, -0.2) is 30.4 Å². The second-order valence-corrected chi connectivity index (χ2v) is 8.06. The van der Waals surface area contributed by atoms with E-state index < -0.39 is 10.0 Å². The van der Waals surface area contributed by atoms with Gasteiger partial charge in [0.15, 0.2) is 0 Å². The Morgan fingerprint density at radius 2 is 1.86 bits per heavy atom. The lowest BCUT2D eigenvalue weighted by Gasteiger charge is -2.29. The van der Waals surface area contributed by atoms with Gasteiger partial charge in [0.25, 0.3) is 0 Å². The summed E-state index contributed by atoms with van der Waals surface area (Å²) in [5.74, 6) is 0.290. The van der Waals surface area contributed by atoms with E-state index in [4.69, 9.17) is 0 Å². The third kappa shape index (κ3) is 3.77. The van der Waals surface area contributed by atoms with Crippen LogP contribution < -0.4 is 0 Å². The molecule has 0 aliphatic heterocycles. The van der Waals surface area contributed by atoms with Crippen LogP contribution in [0.2, 0.25) is 0 Å². The van der Waals surface area contributed by atoms with E-state index in [9.17, 15) is 13.5 Å². The highest BCUT2D eigenvalue weighted by atomic mass is 32.2. The lowest BCUT2D eigenvalue weighted by atomic mass is 10.1. The van der Waals surface area contributed by atoms with Crippen LogP contribution in [-0.2, 0) is 10.0 Å². The fourth-order valence-electron chi connectivity index (χ4n) is 2.88. The fraction of sp³-hybridized carbons (Fsp3) is 0.625. The highest BCUT2D eigenvalue weighted by Gasteiger charge is 2.34. The first-order chi connectivity index (χ1) is 9.93. The molecular formula is C16H25NO3S. The molecular weight excluding hydrogens is 286 g/mol. The molecule has 1 aliphatic carbocycles. The lowest BCUT2D eigenvalue weighted by molar-refractivity contribution is 0.303. The topological polar surface area (TPSA) is 57.6 Å². The zero-order valence-corrected chi connectivity index (χ0v) is 13.6. The second-order valence-electron chi connectivity index (χ2n) is 6.20. The van der Waals surface area contributed by atoms with Crippen LogP contribution in [0.1, 0.15) is 46.0 Å². The molecule has 0 amide bonds. The van der Waals surface area contributed by atoms with Gasteiger partial charge in [-0.1, -0.05) is 38.8 Å². The van der Waals surface area contributed by atoms with Crippen LogP contribution in [0.15, 0.2) is 29.2 Å². The first kappa shape index (κ1) is 16.3. The molecule has 21 heavy (non-hydrogen) atoms. The number of hydrogen-bond donors (Lipinski definition) is 1. The Hall–Kier alpha value is -1.07. The number of nitrogens with zero attached hydrogens (tertiary/aromatic N) is 1. The molecule has 0 unspecified atom stereocenters. The molecule has 1 fully saturated rings. The maximum atomic E-state index is 12.9. The van der Waals surface area contributed by atoms with Crippen LogP contribution in [0.4, 0.5) is 0 Å². The lowest BCUT2D eigenvalue weighted by Crippen LogP contribution is -2.39. The van der Waals surface area contributed by atoms with Gasteiger partial charge in [-0.3, -0.25) is 0 Å². The van der Waals surface area contributed by atoms with Gasteiger partial charge in [0.2, 0.25) is 10.0 Å². The summed E-state index contributed by atoms with van der Waals surface area (Å²) < 4.78 is 27.5. The van der Waals surface area contributed by atoms with Crippen LogP contribution in [0.3, 0.4) is 0 Å². The molecule has 1 aliphatic rings. The molecule has 0 aromatic heterocycles. The number of benzene rings is 1. The Balaban J connectivity index is 2.32. The largest absolute Gasteiger partial charge is 0.507 e. The number of aromatic hydroxyl groups is 1. The first-order valence-corrected chi connectivity index (χ1v) is 9.16. The number of phenols is 1. The number of phenolic OH excluding ortho intramolecular Hbond substituents is 1. The zero-order valence-electron chi connectivity index (χ0n) is 12.8. The van der Waals surface area contributed by atoms with Gasteiger partial charge in [-0.2, -0.15) is 4.31 Å². The van der Waals surface area contributed by atoms with Gasteiger partial charge in [0.05, 0.1) is 0 Å². The Kier molecular flexibility index (Phi) is 5.27. The van der Waals surface area contributed by atoms with Gasteiger partial charge in [0, 0.05) is 12.6 Å². The summed E-state index contributed by atoms with van der Waals surface area (Å²) in [6.07, 6.45) is 4.84. The summed E-state index contributed by atoms with van der Waals surface area (Å²) in [5, 5.41) is 9.91. The van der Waals surface area contributed by atoms with Crippen LogP contribution in [0.25, 0.3) is 0 Å². The van der Waals surface area contributed by atoms with Crippen LogP contribution >= 0.6 is 0 Å². The molecule has 4 nitrogen and oxygen atoms in total. The number of rotatable bonds is 6. The van der Waals surface area contributed by atoms with Gasteiger partial charge in [0.1, 0.15) is 10.6 Å². The van der Waals surface area contributed by atoms with E-state index in [0.29, 0.717) is 12.5 Å². The van der Waals surface area contributed by atoms with Crippen molar-refractivity contribution in [1.29, 1.82) is 0 Å². The highest BCUT2D eigenvalue weighted by Crippen LogP contribution is 2.32. The Morgan fingerprint density at radius 1 is 1.24 bits per heavy atom. The third-order valence-corrected chi connectivity index (χ3v) is 6.11. The van der Waals surface area contributed by atoms with Gasteiger partial charge < -0.3 is 5.11 Å². The standard InChI is InChI=1S/C16H25NO3S/c1-13(2)11-12-17(14-7-3-4-8-14)21(19,20)16-10-6-5-9-15(16)18/h5-6,9-10,13-14,18H,3-4,7-8,11-12H2,1-2H3. The SMILES string of the molecule is CC(C)CCN(C1CCCC1)S(=O)(=O)c1ccccc1O. The van der Waals surface area contributed by atoms with Crippen molar-refractivity contribution in [2.45, 2.75) is 56.9 Å². The molecule has 5 heteroatoms. The number of para-hydroxylation sites is 1. The van der Waals surface area contributed by atoms with Gasteiger partial charge >= 0.3 is 0 Å². The molecule has 2 rings (SSSR count). The number of hydrogen-bond acceptors (Lipinski definition) is 3. The van der Waals surface area contributed by atoms with E-state index in [1.807, 2.05) is 0 Å². The van der Waals surface area contributed by atoms with E-state index in [1.54, 1.807) is 16.4 Å². The van der Waals surface area contributed by atoms with E-state index >= 15 is 0 Å². The molecule has 0 spiro atoms. The smallest absolute Gasteiger partial charge is 0.246 e. The minimum Gasteiger partial charge on any atom is -0.507 e. The highest BCUT2D eigenvalue weighted by molar-refractivity contribution is 7.89. The van der Waals surface area contributed by atoms with E-state index in [-0.39, 0.29) is 16.7 Å². The molecule has 1 saturated carbocycles. The predicted molar refractivity (Wildman–Crippen MR) is 83.7 cm³/mol. The van der Waals surface area contributed by atoms with Crippen molar-refractivity contribution in [2.75, 3.05) is 6.54 Å². The average molecular weight is 311 g/mol. The molecule has 1 aromatic carbocycles. The van der Waals surface area contributed by atoms with Crippen LogP contribution in [0, 0.1) is 5.92 Å². The Bertz CT molecular complexity index is 563. The van der Waals surface area contributed by atoms with Crippen molar-refractivity contribution in [1.82, 2.24) is 4.31 Å². The summed E-state index contributed by atoms with van der Waals surface area (Å²) in [7, 11) is -3.63. The van der Waals surface area contributed by atoms with Crippen LogP contribution in [0.5, 0.6) is 5.75 Å². The fourth-order valence-corrected chi connectivity index (χ4v) is 4.66. The van der Waals surface area contributed by atoms with E-state index in [0.717, 1.165) is 32.1 Å². The van der Waals surface area contributed by atoms with Gasteiger partial charge in [-0.15, -0.1) is 0 Å². The zero-order chi connectivity index (χ0) is 15.5. The summed E-state index contributed by atoms with van der Waals surface area (Å²) in [6.45, 7) is 4.72. The molecule has 0 saturated heterocycles.